The van der Waals surface area contributed by atoms with E-state index < -0.39 is 6.04 Å². The lowest BCUT2D eigenvalue weighted by Gasteiger charge is -2.39. The Morgan fingerprint density at radius 2 is 1.88 bits per heavy atom. The number of benzene rings is 2. The van der Waals surface area contributed by atoms with Gasteiger partial charge in [-0.15, -0.1) is 0 Å². The Labute approximate surface area is 144 Å². The molecular formula is C18H16ClFN2O2. The largest absolute Gasteiger partial charge is 0.325 e. The number of carbonyl (C=O) groups is 2. The predicted molar refractivity (Wildman–Crippen MR) is 90.7 cm³/mol. The van der Waals surface area contributed by atoms with E-state index in [-0.39, 0.29) is 17.6 Å². The Morgan fingerprint density at radius 3 is 2.54 bits per heavy atom. The standard InChI is InChI=1S/C18H16ClFN2O2/c1-12-17(23)22(16-7-5-15(20)6-8-16)10-9-21(12)18(24)13-3-2-4-14(19)11-13/h2-8,11-12H,9-10H2,1H3/t12-/m1/s1. The Bertz CT molecular complexity index is 779. The molecular weight excluding hydrogens is 331 g/mol. The lowest BCUT2D eigenvalue weighted by Crippen LogP contribution is -2.57. The van der Waals surface area contributed by atoms with E-state index in [1.807, 2.05) is 0 Å². The van der Waals surface area contributed by atoms with E-state index in [1.54, 1.807) is 48.2 Å². The van der Waals surface area contributed by atoms with Gasteiger partial charge in [-0.3, -0.25) is 9.59 Å². The highest BCUT2D eigenvalue weighted by Gasteiger charge is 2.35. The number of piperazine rings is 1. The van der Waals surface area contributed by atoms with Gasteiger partial charge in [0.1, 0.15) is 11.9 Å². The summed E-state index contributed by atoms with van der Waals surface area (Å²) in [5.74, 6) is -0.769. The molecule has 0 saturated carbocycles. The van der Waals surface area contributed by atoms with Crippen molar-refractivity contribution in [3.63, 3.8) is 0 Å². The monoisotopic (exact) mass is 346 g/mol. The summed E-state index contributed by atoms with van der Waals surface area (Å²) in [5.41, 5.74) is 1.08. The minimum Gasteiger partial charge on any atom is -0.325 e. The average molecular weight is 347 g/mol. The van der Waals surface area contributed by atoms with Crippen molar-refractivity contribution >= 4 is 29.1 Å². The van der Waals surface area contributed by atoms with E-state index in [9.17, 15) is 14.0 Å². The van der Waals surface area contributed by atoms with Gasteiger partial charge in [0, 0.05) is 29.4 Å². The fourth-order valence-electron chi connectivity index (χ4n) is 2.81. The number of anilines is 1. The van der Waals surface area contributed by atoms with Gasteiger partial charge in [0.2, 0.25) is 5.91 Å². The average Bonchev–Trinajstić information content (AvgIpc) is 2.58. The lowest BCUT2D eigenvalue weighted by atomic mass is 10.1. The molecule has 124 valence electrons. The molecule has 0 aliphatic carbocycles. The molecule has 0 aromatic heterocycles. The molecule has 0 unspecified atom stereocenters. The van der Waals surface area contributed by atoms with Crippen molar-refractivity contribution in [1.82, 2.24) is 4.90 Å². The summed E-state index contributed by atoms with van der Waals surface area (Å²) < 4.78 is 13.0. The first kappa shape index (κ1) is 16.5. The van der Waals surface area contributed by atoms with Crippen molar-refractivity contribution in [1.29, 1.82) is 0 Å². The number of hydrogen-bond acceptors (Lipinski definition) is 2. The van der Waals surface area contributed by atoms with Crippen LogP contribution in [0.3, 0.4) is 0 Å². The van der Waals surface area contributed by atoms with Crippen molar-refractivity contribution in [2.45, 2.75) is 13.0 Å². The molecule has 2 amide bonds. The van der Waals surface area contributed by atoms with E-state index in [0.29, 0.717) is 29.4 Å². The van der Waals surface area contributed by atoms with Crippen LogP contribution in [0.1, 0.15) is 17.3 Å². The normalized spacial score (nSPS) is 18.0. The molecule has 0 radical (unpaired) electrons. The Morgan fingerprint density at radius 1 is 1.17 bits per heavy atom. The Kier molecular flexibility index (Phi) is 4.53. The number of amides is 2. The number of halogens is 2. The van der Waals surface area contributed by atoms with Gasteiger partial charge in [-0.25, -0.2) is 4.39 Å². The second-order valence-electron chi connectivity index (χ2n) is 5.65. The van der Waals surface area contributed by atoms with Crippen LogP contribution in [0.5, 0.6) is 0 Å². The van der Waals surface area contributed by atoms with E-state index in [1.165, 1.54) is 17.0 Å². The van der Waals surface area contributed by atoms with Crippen LogP contribution in [-0.4, -0.2) is 35.8 Å². The predicted octanol–water partition coefficient (Wildman–Crippen LogP) is 3.36. The second-order valence-corrected chi connectivity index (χ2v) is 6.09. The summed E-state index contributed by atoms with van der Waals surface area (Å²) in [6.07, 6.45) is 0. The number of carbonyl (C=O) groups excluding carboxylic acids is 2. The van der Waals surface area contributed by atoms with Crippen LogP contribution in [0.4, 0.5) is 10.1 Å². The minimum absolute atomic E-state index is 0.191. The molecule has 1 heterocycles. The quantitative estimate of drug-likeness (QED) is 0.836. The third-order valence-corrected chi connectivity index (χ3v) is 4.36. The molecule has 0 N–H and O–H groups in total. The van der Waals surface area contributed by atoms with Crippen molar-refractivity contribution in [3.8, 4) is 0 Å². The maximum atomic E-state index is 13.0. The van der Waals surface area contributed by atoms with Gasteiger partial charge in [-0.1, -0.05) is 17.7 Å². The van der Waals surface area contributed by atoms with Gasteiger partial charge in [-0.05, 0) is 49.4 Å². The van der Waals surface area contributed by atoms with Crippen molar-refractivity contribution in [3.05, 3.63) is 64.9 Å². The highest BCUT2D eigenvalue weighted by atomic mass is 35.5. The number of rotatable bonds is 2. The summed E-state index contributed by atoms with van der Waals surface area (Å²) in [7, 11) is 0. The summed E-state index contributed by atoms with van der Waals surface area (Å²) in [4.78, 5) is 28.4. The molecule has 0 bridgehead atoms. The van der Waals surface area contributed by atoms with Gasteiger partial charge < -0.3 is 9.80 Å². The van der Waals surface area contributed by atoms with Crippen molar-refractivity contribution < 1.29 is 14.0 Å². The first-order valence-corrected chi connectivity index (χ1v) is 7.98. The highest BCUT2D eigenvalue weighted by molar-refractivity contribution is 6.31. The third kappa shape index (κ3) is 3.12. The lowest BCUT2D eigenvalue weighted by molar-refractivity contribution is -0.124. The smallest absolute Gasteiger partial charge is 0.254 e. The zero-order chi connectivity index (χ0) is 17.3. The fourth-order valence-corrected chi connectivity index (χ4v) is 3.00. The molecule has 1 aliphatic heterocycles. The van der Waals surface area contributed by atoms with Gasteiger partial charge in [-0.2, -0.15) is 0 Å². The van der Waals surface area contributed by atoms with Gasteiger partial charge >= 0.3 is 0 Å². The maximum absolute atomic E-state index is 13.0. The van der Waals surface area contributed by atoms with Crippen LogP contribution < -0.4 is 4.90 Å². The van der Waals surface area contributed by atoms with Crippen LogP contribution in [-0.2, 0) is 4.79 Å². The second kappa shape index (κ2) is 6.61. The minimum atomic E-state index is -0.602. The fraction of sp³-hybridized carbons (Fsp3) is 0.222. The van der Waals surface area contributed by atoms with E-state index in [2.05, 4.69) is 0 Å². The molecule has 6 heteroatoms. The van der Waals surface area contributed by atoms with Crippen LogP contribution >= 0.6 is 11.6 Å². The molecule has 4 nitrogen and oxygen atoms in total. The van der Waals surface area contributed by atoms with Gasteiger partial charge in [0.15, 0.2) is 0 Å². The highest BCUT2D eigenvalue weighted by Crippen LogP contribution is 2.22. The zero-order valence-corrected chi connectivity index (χ0v) is 13.8. The van der Waals surface area contributed by atoms with Crippen LogP contribution in [0.15, 0.2) is 48.5 Å². The summed E-state index contributed by atoms with van der Waals surface area (Å²) in [6, 6.07) is 11.8. The van der Waals surface area contributed by atoms with E-state index in [4.69, 9.17) is 11.6 Å². The van der Waals surface area contributed by atoms with Crippen LogP contribution in [0.2, 0.25) is 5.02 Å². The molecule has 1 atom stereocenters. The van der Waals surface area contributed by atoms with Crippen LogP contribution in [0, 0.1) is 5.82 Å². The van der Waals surface area contributed by atoms with Gasteiger partial charge in [0.25, 0.3) is 5.91 Å². The van der Waals surface area contributed by atoms with Gasteiger partial charge in [0.05, 0.1) is 0 Å². The Hall–Kier alpha value is -2.40. The Balaban J connectivity index is 1.79. The number of nitrogens with zero attached hydrogens (tertiary/aromatic N) is 2. The topological polar surface area (TPSA) is 40.6 Å². The van der Waals surface area contributed by atoms with Crippen molar-refractivity contribution in [2.75, 3.05) is 18.0 Å². The molecule has 24 heavy (non-hydrogen) atoms. The van der Waals surface area contributed by atoms with Crippen LogP contribution in [0.25, 0.3) is 0 Å². The zero-order valence-electron chi connectivity index (χ0n) is 13.1. The molecule has 2 aromatic carbocycles. The summed E-state index contributed by atoms with van der Waals surface area (Å²) in [6.45, 7) is 2.46. The molecule has 1 fully saturated rings. The summed E-state index contributed by atoms with van der Waals surface area (Å²) >= 11 is 5.93. The molecule has 1 aliphatic rings. The van der Waals surface area contributed by atoms with Crippen molar-refractivity contribution in [2.24, 2.45) is 0 Å². The SMILES string of the molecule is C[C@@H]1C(=O)N(c2ccc(F)cc2)CCN1C(=O)c1cccc(Cl)c1. The molecule has 3 rings (SSSR count). The first-order valence-electron chi connectivity index (χ1n) is 7.61. The maximum Gasteiger partial charge on any atom is 0.254 e. The number of hydrogen-bond donors (Lipinski definition) is 0. The third-order valence-electron chi connectivity index (χ3n) is 4.13. The summed E-state index contributed by atoms with van der Waals surface area (Å²) in [5, 5.41) is 0.477. The molecule has 1 saturated heterocycles. The molecule has 2 aromatic rings. The first-order chi connectivity index (χ1) is 11.5. The van der Waals surface area contributed by atoms with E-state index in [0.717, 1.165) is 0 Å². The molecule has 0 spiro atoms. The van der Waals surface area contributed by atoms with E-state index >= 15 is 0 Å².